The molecule has 0 spiro atoms. The molecule has 100 valence electrons. The topological polar surface area (TPSA) is 51.0 Å². The lowest BCUT2D eigenvalue weighted by Crippen LogP contribution is -2.13. The number of benzene rings is 1. The Morgan fingerprint density at radius 1 is 1.47 bits per heavy atom. The molecule has 0 bridgehead atoms. The van der Waals surface area contributed by atoms with Gasteiger partial charge in [-0.25, -0.2) is 4.39 Å². The van der Waals surface area contributed by atoms with Crippen LogP contribution < -0.4 is 5.32 Å². The van der Waals surface area contributed by atoms with E-state index in [0.29, 0.717) is 22.3 Å². The van der Waals surface area contributed by atoms with Gasteiger partial charge >= 0.3 is 0 Å². The lowest BCUT2D eigenvalue weighted by molar-refractivity contribution is 0.341. The van der Waals surface area contributed by atoms with Crippen molar-refractivity contribution in [1.82, 2.24) is 15.5 Å². The Balaban J connectivity index is 1.80. The van der Waals surface area contributed by atoms with Crippen LogP contribution in [0.1, 0.15) is 36.2 Å². The van der Waals surface area contributed by atoms with Crippen LogP contribution in [0.15, 0.2) is 22.7 Å². The van der Waals surface area contributed by atoms with E-state index in [1.165, 1.54) is 6.07 Å². The van der Waals surface area contributed by atoms with Gasteiger partial charge in [-0.2, -0.15) is 4.98 Å². The minimum absolute atomic E-state index is 0.123. The first kappa shape index (κ1) is 12.6. The molecular weight excluding hydrogens is 269 g/mol. The molecule has 1 aromatic heterocycles. The number of nitrogens with zero attached hydrogens (tertiary/aromatic N) is 2. The zero-order valence-electron chi connectivity index (χ0n) is 10.2. The number of rotatable bonds is 3. The molecule has 6 heteroatoms. The summed E-state index contributed by atoms with van der Waals surface area (Å²) < 4.78 is 18.9. The number of hydrogen-bond acceptors (Lipinski definition) is 4. The summed E-state index contributed by atoms with van der Waals surface area (Å²) in [6, 6.07) is 4.73. The maximum Gasteiger partial charge on any atom is 0.243 e. The van der Waals surface area contributed by atoms with Gasteiger partial charge in [-0.3, -0.25) is 0 Å². The Kier molecular flexibility index (Phi) is 3.48. The molecule has 2 aromatic rings. The van der Waals surface area contributed by atoms with Crippen LogP contribution >= 0.6 is 11.6 Å². The molecule has 0 aliphatic carbocycles. The SMILES string of the molecule is Fc1cccc(Cl)c1Cc1noc([C@@H]2CCCN2)n1. The van der Waals surface area contributed by atoms with E-state index in [4.69, 9.17) is 16.1 Å². The molecule has 0 unspecified atom stereocenters. The van der Waals surface area contributed by atoms with Crippen LogP contribution in [0, 0.1) is 5.82 Å². The number of aromatic nitrogens is 2. The number of nitrogens with one attached hydrogen (secondary N) is 1. The second-order valence-corrected chi connectivity index (χ2v) is 4.98. The molecule has 1 aliphatic rings. The summed E-state index contributed by atoms with van der Waals surface area (Å²) in [7, 11) is 0. The van der Waals surface area contributed by atoms with Gasteiger partial charge in [0, 0.05) is 17.0 Å². The van der Waals surface area contributed by atoms with Crippen LogP contribution in [-0.4, -0.2) is 16.7 Å². The molecule has 0 radical (unpaired) electrons. The van der Waals surface area contributed by atoms with E-state index in [1.807, 2.05) is 0 Å². The maximum absolute atomic E-state index is 13.7. The Morgan fingerprint density at radius 3 is 3.11 bits per heavy atom. The summed E-state index contributed by atoms with van der Waals surface area (Å²) in [4.78, 5) is 4.30. The second kappa shape index (κ2) is 5.27. The van der Waals surface area contributed by atoms with Crippen molar-refractivity contribution in [2.24, 2.45) is 0 Å². The van der Waals surface area contributed by atoms with Crippen LogP contribution in [0.4, 0.5) is 4.39 Å². The maximum atomic E-state index is 13.7. The summed E-state index contributed by atoms with van der Waals surface area (Å²) in [5.74, 6) is 0.675. The van der Waals surface area contributed by atoms with Gasteiger partial charge in [0.1, 0.15) is 5.82 Å². The third-order valence-electron chi connectivity index (χ3n) is 3.24. The van der Waals surface area contributed by atoms with Crippen molar-refractivity contribution >= 4 is 11.6 Å². The van der Waals surface area contributed by atoms with Crippen LogP contribution in [0.2, 0.25) is 5.02 Å². The normalized spacial score (nSPS) is 18.9. The van der Waals surface area contributed by atoms with Crippen LogP contribution in [0.5, 0.6) is 0 Å². The fraction of sp³-hybridized carbons (Fsp3) is 0.385. The summed E-state index contributed by atoms with van der Waals surface area (Å²) in [5, 5.41) is 7.54. The molecule has 1 aliphatic heterocycles. The van der Waals surface area contributed by atoms with Crippen molar-refractivity contribution in [1.29, 1.82) is 0 Å². The zero-order valence-corrected chi connectivity index (χ0v) is 11.0. The highest BCUT2D eigenvalue weighted by Crippen LogP contribution is 2.24. The minimum Gasteiger partial charge on any atom is -0.338 e. The quantitative estimate of drug-likeness (QED) is 0.940. The lowest BCUT2D eigenvalue weighted by atomic mass is 10.1. The van der Waals surface area contributed by atoms with E-state index < -0.39 is 0 Å². The molecule has 2 heterocycles. The lowest BCUT2D eigenvalue weighted by Gasteiger charge is -2.02. The monoisotopic (exact) mass is 281 g/mol. The second-order valence-electron chi connectivity index (χ2n) is 4.57. The Morgan fingerprint density at radius 2 is 2.37 bits per heavy atom. The Hall–Kier alpha value is -1.46. The highest BCUT2D eigenvalue weighted by atomic mass is 35.5. The summed E-state index contributed by atoms with van der Waals surface area (Å²) in [5.41, 5.74) is 0.399. The van der Waals surface area contributed by atoms with Gasteiger partial charge in [-0.15, -0.1) is 0 Å². The molecule has 4 nitrogen and oxygen atoms in total. The fourth-order valence-electron chi connectivity index (χ4n) is 2.24. The van der Waals surface area contributed by atoms with Gasteiger partial charge < -0.3 is 9.84 Å². The molecule has 19 heavy (non-hydrogen) atoms. The van der Waals surface area contributed by atoms with Crippen LogP contribution in [-0.2, 0) is 6.42 Å². The molecular formula is C13H13ClFN3O. The summed E-state index contributed by atoms with van der Waals surface area (Å²) >= 11 is 5.97. The molecule has 3 rings (SSSR count). The third kappa shape index (κ3) is 2.62. The van der Waals surface area contributed by atoms with Gasteiger partial charge in [0.25, 0.3) is 0 Å². The standard InChI is InChI=1S/C13H13ClFN3O/c14-9-3-1-4-10(15)8(9)7-12-17-13(19-18-12)11-5-2-6-16-11/h1,3-4,11,16H,2,5-7H2/t11-/m0/s1. The Bertz CT molecular complexity index is 561. The van der Waals surface area contributed by atoms with Crippen molar-refractivity contribution in [2.45, 2.75) is 25.3 Å². The van der Waals surface area contributed by atoms with E-state index in [2.05, 4.69) is 15.5 Å². The molecule has 0 amide bonds. The first-order chi connectivity index (χ1) is 9.24. The molecule has 1 saturated heterocycles. The first-order valence-corrected chi connectivity index (χ1v) is 6.60. The van der Waals surface area contributed by atoms with E-state index >= 15 is 0 Å². The average Bonchev–Trinajstić information content (AvgIpc) is 3.04. The smallest absolute Gasteiger partial charge is 0.243 e. The van der Waals surface area contributed by atoms with Gasteiger partial charge in [0.15, 0.2) is 5.82 Å². The molecule has 1 fully saturated rings. The van der Waals surface area contributed by atoms with E-state index in [-0.39, 0.29) is 18.3 Å². The van der Waals surface area contributed by atoms with Gasteiger partial charge in [0.05, 0.1) is 6.04 Å². The zero-order chi connectivity index (χ0) is 13.2. The van der Waals surface area contributed by atoms with E-state index in [0.717, 1.165) is 19.4 Å². The highest BCUT2D eigenvalue weighted by molar-refractivity contribution is 6.31. The van der Waals surface area contributed by atoms with E-state index in [1.54, 1.807) is 12.1 Å². The number of hydrogen-bond donors (Lipinski definition) is 1. The van der Waals surface area contributed by atoms with Crippen molar-refractivity contribution in [3.63, 3.8) is 0 Å². The van der Waals surface area contributed by atoms with Crippen molar-refractivity contribution in [3.8, 4) is 0 Å². The summed E-state index contributed by atoms with van der Waals surface area (Å²) in [6.07, 6.45) is 2.32. The summed E-state index contributed by atoms with van der Waals surface area (Å²) in [6.45, 7) is 0.960. The average molecular weight is 282 g/mol. The van der Waals surface area contributed by atoms with Gasteiger partial charge in [0.2, 0.25) is 5.89 Å². The van der Waals surface area contributed by atoms with Crippen molar-refractivity contribution < 1.29 is 8.91 Å². The van der Waals surface area contributed by atoms with Crippen molar-refractivity contribution in [2.75, 3.05) is 6.54 Å². The molecule has 1 N–H and O–H groups in total. The predicted octanol–water partition coefficient (Wildman–Crippen LogP) is 2.88. The Labute approximate surface area is 115 Å². The van der Waals surface area contributed by atoms with E-state index in [9.17, 15) is 4.39 Å². The fourth-order valence-corrected chi connectivity index (χ4v) is 2.47. The predicted molar refractivity (Wildman–Crippen MR) is 68.5 cm³/mol. The molecule has 1 aromatic carbocycles. The molecule has 0 saturated carbocycles. The van der Waals surface area contributed by atoms with Gasteiger partial charge in [-0.05, 0) is 31.5 Å². The highest BCUT2D eigenvalue weighted by Gasteiger charge is 2.22. The van der Waals surface area contributed by atoms with Crippen molar-refractivity contribution in [3.05, 3.63) is 46.3 Å². The van der Waals surface area contributed by atoms with Crippen LogP contribution in [0.25, 0.3) is 0 Å². The minimum atomic E-state index is -0.349. The van der Waals surface area contributed by atoms with Crippen LogP contribution in [0.3, 0.4) is 0 Å². The first-order valence-electron chi connectivity index (χ1n) is 6.23. The largest absolute Gasteiger partial charge is 0.338 e. The van der Waals surface area contributed by atoms with Gasteiger partial charge in [-0.1, -0.05) is 22.8 Å². The third-order valence-corrected chi connectivity index (χ3v) is 3.59. The number of halogens is 2. The molecule has 1 atom stereocenters.